The van der Waals surface area contributed by atoms with Crippen molar-refractivity contribution < 1.29 is 22.1 Å². The van der Waals surface area contributed by atoms with Gasteiger partial charge in [-0.3, -0.25) is 4.79 Å². The molecule has 0 atom stereocenters. The number of carbonyl (C=O) groups excluding carboxylic acids is 1. The van der Waals surface area contributed by atoms with Gasteiger partial charge in [-0.05, 0) is 54.8 Å². The zero-order valence-corrected chi connectivity index (χ0v) is 20.7. The van der Waals surface area contributed by atoms with Gasteiger partial charge in [0.25, 0.3) is 0 Å². The Labute approximate surface area is 210 Å². The van der Waals surface area contributed by atoms with Gasteiger partial charge in [0.1, 0.15) is 29.3 Å². The van der Waals surface area contributed by atoms with Crippen LogP contribution in [0.5, 0.6) is 0 Å². The Kier molecular flexibility index (Phi) is 10.0. The Morgan fingerprint density at radius 1 is 0.583 bits per heavy atom. The van der Waals surface area contributed by atoms with Crippen LogP contribution in [0.15, 0.2) is 121 Å². The summed E-state index contributed by atoms with van der Waals surface area (Å²) >= 11 is 0. The Hall–Kier alpha value is -3.24. The normalized spacial score (nSPS) is 11.3. The molecule has 0 amide bonds. The predicted molar refractivity (Wildman–Crippen MR) is 145 cm³/mol. The first kappa shape index (κ1) is 27.4. The van der Waals surface area contributed by atoms with Crippen molar-refractivity contribution in [1.29, 1.82) is 0 Å². The number of halogens is 4. The molecule has 0 fully saturated rings. The third kappa shape index (κ3) is 8.17. The van der Waals surface area contributed by atoms with Crippen LogP contribution >= 0.6 is 7.26 Å². The molecule has 0 aliphatic carbocycles. The zero-order valence-electron chi connectivity index (χ0n) is 19.8. The minimum absolute atomic E-state index is 0.348. The number of ketones is 1. The molecule has 0 unspecified atom stereocenters. The van der Waals surface area contributed by atoms with Gasteiger partial charge in [-0.1, -0.05) is 84.9 Å². The molecule has 0 aliphatic heterocycles. The fraction of sp³-hybridized carbons (Fsp3) is 0.138. The molecule has 0 aliphatic rings. The van der Waals surface area contributed by atoms with E-state index in [9.17, 15) is 22.1 Å². The lowest BCUT2D eigenvalue weighted by Gasteiger charge is -2.27. The maximum atomic E-state index is 13.4. The standard InChI is InChI=1S/C29H28OP.BF4/c30-26(17-13-16-25-14-5-1-6-15-25)24-31(27-18-7-2-8-19-27,28-20-9-3-10-21-28)29-22-11-4-12-23-29;2-1(3,4)5/h1-12,14-15,18-23H,13,16-17,24H2;/q+1;-1. The van der Waals surface area contributed by atoms with Crippen molar-refractivity contribution in [3.8, 4) is 0 Å². The molecule has 7 heteroatoms. The average Bonchev–Trinajstić information content (AvgIpc) is 2.88. The molecule has 0 heterocycles. The number of aryl methyl sites for hydroxylation is 1. The van der Waals surface area contributed by atoms with Crippen molar-refractivity contribution in [1.82, 2.24) is 0 Å². The van der Waals surface area contributed by atoms with Crippen LogP contribution in [-0.4, -0.2) is 19.2 Å². The van der Waals surface area contributed by atoms with Gasteiger partial charge in [0.15, 0.2) is 5.78 Å². The largest absolute Gasteiger partial charge is 0.673 e. The molecule has 0 spiro atoms. The number of carbonyl (C=O) groups is 1. The third-order valence-electron chi connectivity index (χ3n) is 5.77. The maximum Gasteiger partial charge on any atom is 0.673 e. The second-order valence-electron chi connectivity index (χ2n) is 8.35. The third-order valence-corrected chi connectivity index (χ3v) is 10.1. The summed E-state index contributed by atoms with van der Waals surface area (Å²) in [5.41, 5.74) is 1.30. The number of benzene rings is 4. The van der Waals surface area contributed by atoms with E-state index in [1.807, 2.05) is 6.07 Å². The van der Waals surface area contributed by atoms with Crippen LogP contribution in [0.2, 0.25) is 0 Å². The van der Waals surface area contributed by atoms with Crippen molar-refractivity contribution in [2.45, 2.75) is 19.3 Å². The van der Waals surface area contributed by atoms with Crippen LogP contribution in [0.1, 0.15) is 18.4 Å². The lowest BCUT2D eigenvalue weighted by Crippen LogP contribution is -2.35. The van der Waals surface area contributed by atoms with Crippen molar-refractivity contribution in [2.24, 2.45) is 0 Å². The van der Waals surface area contributed by atoms with Crippen molar-refractivity contribution in [3.63, 3.8) is 0 Å². The van der Waals surface area contributed by atoms with Gasteiger partial charge in [0, 0.05) is 6.42 Å². The Bertz CT molecular complexity index is 1080. The topological polar surface area (TPSA) is 17.1 Å². The smallest absolute Gasteiger partial charge is 0.418 e. The fourth-order valence-corrected chi connectivity index (χ4v) is 8.42. The van der Waals surface area contributed by atoms with Gasteiger partial charge in [-0.2, -0.15) is 0 Å². The van der Waals surface area contributed by atoms with Crippen LogP contribution in [0.4, 0.5) is 17.3 Å². The molecule has 186 valence electrons. The molecule has 4 rings (SSSR count). The number of hydrogen-bond acceptors (Lipinski definition) is 1. The maximum absolute atomic E-state index is 13.4. The zero-order chi connectivity index (χ0) is 25.9. The van der Waals surface area contributed by atoms with E-state index >= 15 is 0 Å². The molecule has 0 saturated carbocycles. The van der Waals surface area contributed by atoms with Gasteiger partial charge >= 0.3 is 7.25 Å². The van der Waals surface area contributed by atoms with Gasteiger partial charge in [-0.15, -0.1) is 0 Å². The summed E-state index contributed by atoms with van der Waals surface area (Å²) in [4.78, 5) is 13.4. The first-order valence-electron chi connectivity index (χ1n) is 11.8. The highest BCUT2D eigenvalue weighted by Gasteiger charge is 2.46. The molecule has 0 N–H and O–H groups in total. The molecule has 36 heavy (non-hydrogen) atoms. The molecule has 1 nitrogen and oxygen atoms in total. The molecule has 0 saturated heterocycles. The summed E-state index contributed by atoms with van der Waals surface area (Å²) in [5.74, 6) is 0.348. The fourth-order valence-electron chi connectivity index (χ4n) is 4.25. The summed E-state index contributed by atoms with van der Waals surface area (Å²) in [7, 11) is -8.07. The van der Waals surface area contributed by atoms with Crippen LogP contribution in [-0.2, 0) is 11.2 Å². The van der Waals surface area contributed by atoms with Crippen molar-refractivity contribution >= 4 is 36.2 Å². The molecule has 0 radical (unpaired) electrons. The summed E-state index contributed by atoms with van der Waals surface area (Å²) in [5, 5.41) is 3.80. The van der Waals surface area contributed by atoms with E-state index in [1.54, 1.807) is 0 Å². The van der Waals surface area contributed by atoms with Crippen LogP contribution in [0.3, 0.4) is 0 Å². The molecular formula is C29H28BF4OP. The minimum atomic E-state index is -6.00. The summed E-state index contributed by atoms with van der Waals surface area (Å²) in [6.07, 6.45) is 3.02. The SMILES string of the molecule is F[B-](F)(F)F.O=C(CCCc1ccccc1)C[P+](c1ccccc1)(c1ccccc1)c1ccccc1. The van der Waals surface area contributed by atoms with E-state index in [0.717, 1.165) is 12.8 Å². The first-order chi connectivity index (χ1) is 17.3. The molecule has 4 aromatic rings. The Balaban J connectivity index is 0.000000658. The number of hydrogen-bond donors (Lipinski definition) is 0. The second-order valence-corrected chi connectivity index (χ2v) is 11.8. The summed E-state index contributed by atoms with van der Waals surface area (Å²) < 4.78 is 39.0. The lowest BCUT2D eigenvalue weighted by atomic mass is 10.1. The van der Waals surface area contributed by atoms with Gasteiger partial charge < -0.3 is 17.3 Å². The number of rotatable bonds is 9. The van der Waals surface area contributed by atoms with E-state index in [-0.39, 0.29) is 0 Å². The highest BCUT2D eigenvalue weighted by molar-refractivity contribution is 7.96. The monoisotopic (exact) mass is 510 g/mol. The van der Waals surface area contributed by atoms with Crippen LogP contribution < -0.4 is 15.9 Å². The lowest BCUT2D eigenvalue weighted by molar-refractivity contribution is -0.116. The summed E-state index contributed by atoms with van der Waals surface area (Å²) in [6.45, 7) is 0. The molecule has 0 bridgehead atoms. The van der Waals surface area contributed by atoms with Gasteiger partial charge in [0.05, 0.1) is 0 Å². The molecule has 0 aromatic heterocycles. The van der Waals surface area contributed by atoms with E-state index in [4.69, 9.17) is 0 Å². The molecule has 4 aromatic carbocycles. The molecular weight excluding hydrogens is 482 g/mol. The Morgan fingerprint density at radius 2 is 0.917 bits per heavy atom. The minimum Gasteiger partial charge on any atom is -0.418 e. The van der Waals surface area contributed by atoms with E-state index in [0.29, 0.717) is 18.4 Å². The van der Waals surface area contributed by atoms with Crippen LogP contribution in [0.25, 0.3) is 0 Å². The van der Waals surface area contributed by atoms with Gasteiger partial charge in [-0.25, -0.2) is 0 Å². The quantitative estimate of drug-likeness (QED) is 0.136. The highest BCUT2D eigenvalue weighted by atomic mass is 31.2. The summed E-state index contributed by atoms with van der Waals surface area (Å²) in [6, 6.07) is 42.3. The van der Waals surface area contributed by atoms with Gasteiger partial charge in [0.2, 0.25) is 0 Å². The first-order valence-corrected chi connectivity index (χ1v) is 13.7. The van der Waals surface area contributed by atoms with E-state index in [1.165, 1.54) is 21.5 Å². The second kappa shape index (κ2) is 13.2. The van der Waals surface area contributed by atoms with E-state index < -0.39 is 14.5 Å². The average molecular weight is 510 g/mol. The Morgan fingerprint density at radius 3 is 1.28 bits per heavy atom. The van der Waals surface area contributed by atoms with Crippen LogP contribution in [0, 0.1) is 0 Å². The number of Topliss-reactive ketones (excluding diaryl/α,β-unsaturated/α-hetero) is 1. The van der Waals surface area contributed by atoms with E-state index in [2.05, 4.69) is 115 Å². The van der Waals surface area contributed by atoms with Crippen molar-refractivity contribution in [3.05, 3.63) is 127 Å². The van der Waals surface area contributed by atoms with Crippen molar-refractivity contribution in [2.75, 3.05) is 6.16 Å². The highest BCUT2D eigenvalue weighted by Crippen LogP contribution is 2.55. The predicted octanol–water partition coefficient (Wildman–Crippen LogP) is 6.87.